The minimum Gasteiger partial charge on any atom is -0.508 e. The molecule has 0 aliphatic rings. The van der Waals surface area contributed by atoms with E-state index >= 15 is 0 Å². The zero-order valence-corrected chi connectivity index (χ0v) is 14.3. The third kappa shape index (κ3) is 5.72. The summed E-state index contributed by atoms with van der Waals surface area (Å²) in [4.78, 5) is 0. The molecule has 2 heteroatoms. The van der Waals surface area contributed by atoms with E-state index in [4.69, 9.17) is 5.11 Å². The van der Waals surface area contributed by atoms with Gasteiger partial charge in [0.25, 0.3) is 0 Å². The number of phenols is 1. The van der Waals surface area contributed by atoms with Gasteiger partial charge in [-0.15, -0.1) is 0 Å². The summed E-state index contributed by atoms with van der Waals surface area (Å²) in [5.74, 6) is 0.974. The van der Waals surface area contributed by atoms with E-state index in [-0.39, 0.29) is 6.61 Å². The van der Waals surface area contributed by atoms with Crippen molar-refractivity contribution in [3.8, 4) is 5.75 Å². The first kappa shape index (κ1) is 17.6. The van der Waals surface area contributed by atoms with Gasteiger partial charge in [-0.3, -0.25) is 0 Å². The summed E-state index contributed by atoms with van der Waals surface area (Å²) in [6, 6.07) is 14.6. The van der Waals surface area contributed by atoms with Crippen LogP contribution in [0.25, 0.3) is 0 Å². The number of phenolic OH excluding ortho intramolecular Hbond substituents is 1. The van der Waals surface area contributed by atoms with Crippen LogP contribution in [0.4, 0.5) is 0 Å². The van der Waals surface area contributed by atoms with Crippen molar-refractivity contribution >= 4 is 0 Å². The minimum atomic E-state index is 0.164. The number of rotatable bonds is 8. The average Bonchev–Trinajstić information content (AvgIpc) is 2.53. The fraction of sp³-hybridized carbons (Fsp3) is 0.429. The standard InChI is InChI=1S/C21H28O2/c1-16-5-3-6-19(13-16)14-17(2)8-9-18-10-11-21(23)20(15-18)7-4-12-22/h3,5-6,10-11,13,15,17,22-23H,4,7-9,12,14H2,1-2H3. The van der Waals surface area contributed by atoms with Gasteiger partial charge in [-0.05, 0) is 67.7 Å². The summed E-state index contributed by atoms with van der Waals surface area (Å²) in [5, 5.41) is 18.8. The SMILES string of the molecule is Cc1cccc(CC(C)CCc2ccc(O)c(CCCO)c2)c1. The van der Waals surface area contributed by atoms with Gasteiger partial charge in [0.15, 0.2) is 0 Å². The van der Waals surface area contributed by atoms with Crippen LogP contribution in [0.1, 0.15) is 42.0 Å². The number of aliphatic hydroxyl groups excluding tert-OH is 1. The van der Waals surface area contributed by atoms with Crippen LogP contribution in [0.3, 0.4) is 0 Å². The van der Waals surface area contributed by atoms with Crippen LogP contribution < -0.4 is 0 Å². The van der Waals surface area contributed by atoms with Gasteiger partial charge in [-0.2, -0.15) is 0 Å². The molecule has 0 aliphatic heterocycles. The van der Waals surface area contributed by atoms with Crippen LogP contribution >= 0.6 is 0 Å². The van der Waals surface area contributed by atoms with E-state index in [2.05, 4.69) is 44.2 Å². The normalized spacial score (nSPS) is 12.3. The third-order valence-corrected chi connectivity index (χ3v) is 4.34. The zero-order valence-electron chi connectivity index (χ0n) is 14.3. The third-order valence-electron chi connectivity index (χ3n) is 4.34. The van der Waals surface area contributed by atoms with Gasteiger partial charge in [0.2, 0.25) is 0 Å². The highest BCUT2D eigenvalue weighted by molar-refractivity contribution is 5.36. The molecule has 0 spiro atoms. The number of aromatic hydroxyl groups is 1. The van der Waals surface area contributed by atoms with Crippen molar-refractivity contribution < 1.29 is 10.2 Å². The molecule has 0 radical (unpaired) electrons. The zero-order chi connectivity index (χ0) is 16.7. The highest BCUT2D eigenvalue weighted by Crippen LogP contribution is 2.22. The maximum Gasteiger partial charge on any atom is 0.118 e. The van der Waals surface area contributed by atoms with E-state index in [9.17, 15) is 5.11 Å². The lowest BCUT2D eigenvalue weighted by atomic mass is 9.93. The predicted octanol–water partition coefficient (Wildman–Crippen LogP) is 4.44. The van der Waals surface area contributed by atoms with Gasteiger partial charge in [-0.1, -0.05) is 48.9 Å². The number of aryl methyl sites for hydroxylation is 3. The Labute approximate surface area is 139 Å². The Bertz CT molecular complexity index is 619. The Kier molecular flexibility index (Phi) is 6.66. The van der Waals surface area contributed by atoms with Crippen LogP contribution in [0, 0.1) is 12.8 Å². The molecular formula is C21H28O2. The molecule has 0 aromatic heterocycles. The Morgan fingerprint density at radius 2 is 1.83 bits per heavy atom. The van der Waals surface area contributed by atoms with Gasteiger partial charge in [0, 0.05) is 6.61 Å². The molecule has 0 saturated carbocycles. The topological polar surface area (TPSA) is 40.5 Å². The highest BCUT2D eigenvalue weighted by Gasteiger charge is 2.07. The van der Waals surface area contributed by atoms with Crippen molar-refractivity contribution in [2.24, 2.45) is 5.92 Å². The molecule has 124 valence electrons. The Balaban J connectivity index is 1.89. The lowest BCUT2D eigenvalue weighted by molar-refractivity contribution is 0.288. The predicted molar refractivity (Wildman–Crippen MR) is 95.9 cm³/mol. The van der Waals surface area contributed by atoms with Crippen LogP contribution in [-0.4, -0.2) is 16.8 Å². The molecule has 0 fully saturated rings. The van der Waals surface area contributed by atoms with Crippen molar-refractivity contribution in [3.63, 3.8) is 0 Å². The second-order valence-corrected chi connectivity index (χ2v) is 6.63. The van der Waals surface area contributed by atoms with E-state index in [1.54, 1.807) is 6.07 Å². The van der Waals surface area contributed by atoms with E-state index in [1.807, 2.05) is 6.07 Å². The molecule has 0 heterocycles. The van der Waals surface area contributed by atoms with Crippen molar-refractivity contribution in [1.82, 2.24) is 0 Å². The lowest BCUT2D eigenvalue weighted by Crippen LogP contribution is -2.02. The summed E-state index contributed by atoms with van der Waals surface area (Å²) < 4.78 is 0. The molecule has 2 aromatic rings. The second-order valence-electron chi connectivity index (χ2n) is 6.63. The molecule has 1 atom stereocenters. The fourth-order valence-corrected chi connectivity index (χ4v) is 3.02. The molecule has 0 amide bonds. The van der Waals surface area contributed by atoms with Gasteiger partial charge in [0.1, 0.15) is 5.75 Å². The maximum atomic E-state index is 9.88. The average molecular weight is 312 g/mol. The van der Waals surface area contributed by atoms with Crippen molar-refractivity contribution in [2.45, 2.75) is 46.0 Å². The fourth-order valence-electron chi connectivity index (χ4n) is 3.02. The number of aliphatic hydroxyl groups is 1. The Morgan fingerprint density at radius 3 is 2.57 bits per heavy atom. The van der Waals surface area contributed by atoms with E-state index < -0.39 is 0 Å². The van der Waals surface area contributed by atoms with Crippen LogP contribution in [0.2, 0.25) is 0 Å². The summed E-state index contributed by atoms with van der Waals surface area (Å²) >= 11 is 0. The number of benzene rings is 2. The lowest BCUT2D eigenvalue weighted by Gasteiger charge is -2.13. The molecule has 2 rings (SSSR count). The maximum absolute atomic E-state index is 9.88. The van der Waals surface area contributed by atoms with Crippen molar-refractivity contribution in [3.05, 3.63) is 64.7 Å². The first-order chi connectivity index (χ1) is 11.1. The molecule has 0 bridgehead atoms. The first-order valence-electron chi connectivity index (χ1n) is 8.55. The van der Waals surface area contributed by atoms with Crippen molar-refractivity contribution in [1.29, 1.82) is 0 Å². The van der Waals surface area contributed by atoms with Gasteiger partial charge in [0.05, 0.1) is 0 Å². The van der Waals surface area contributed by atoms with Crippen LogP contribution in [0.5, 0.6) is 5.75 Å². The molecular weight excluding hydrogens is 284 g/mol. The Hall–Kier alpha value is -1.80. The van der Waals surface area contributed by atoms with Gasteiger partial charge >= 0.3 is 0 Å². The number of hydrogen-bond donors (Lipinski definition) is 2. The molecule has 0 saturated heterocycles. The van der Waals surface area contributed by atoms with E-state index in [0.29, 0.717) is 18.1 Å². The Morgan fingerprint density at radius 1 is 1.00 bits per heavy atom. The second kappa shape index (κ2) is 8.73. The summed E-state index contributed by atoms with van der Waals surface area (Å²) in [6.45, 7) is 4.60. The first-order valence-corrected chi connectivity index (χ1v) is 8.55. The molecule has 2 N–H and O–H groups in total. The van der Waals surface area contributed by atoms with E-state index in [1.165, 1.54) is 16.7 Å². The molecule has 0 aliphatic carbocycles. The van der Waals surface area contributed by atoms with E-state index in [0.717, 1.165) is 31.2 Å². The largest absolute Gasteiger partial charge is 0.508 e. The molecule has 1 unspecified atom stereocenters. The molecule has 23 heavy (non-hydrogen) atoms. The monoisotopic (exact) mass is 312 g/mol. The summed E-state index contributed by atoms with van der Waals surface area (Å²) in [5.41, 5.74) is 4.95. The quantitative estimate of drug-likeness (QED) is 0.756. The van der Waals surface area contributed by atoms with Gasteiger partial charge < -0.3 is 10.2 Å². The van der Waals surface area contributed by atoms with Crippen molar-refractivity contribution in [2.75, 3.05) is 6.61 Å². The summed E-state index contributed by atoms with van der Waals surface area (Å²) in [7, 11) is 0. The van der Waals surface area contributed by atoms with Gasteiger partial charge in [-0.25, -0.2) is 0 Å². The number of hydrogen-bond acceptors (Lipinski definition) is 2. The highest BCUT2D eigenvalue weighted by atomic mass is 16.3. The van der Waals surface area contributed by atoms with Crippen LogP contribution in [0.15, 0.2) is 42.5 Å². The van der Waals surface area contributed by atoms with Crippen LogP contribution in [-0.2, 0) is 19.3 Å². The summed E-state index contributed by atoms with van der Waals surface area (Å²) in [6.07, 6.45) is 4.70. The molecule has 2 nitrogen and oxygen atoms in total. The smallest absolute Gasteiger partial charge is 0.118 e. The molecule has 2 aromatic carbocycles. The minimum absolute atomic E-state index is 0.164.